The summed E-state index contributed by atoms with van der Waals surface area (Å²) in [6.07, 6.45) is 0.744. The molecule has 0 aliphatic heterocycles. The number of carbonyl (C=O) groups is 1. The fraction of sp³-hybridized carbons (Fsp3) is 0.188. The van der Waals surface area contributed by atoms with E-state index in [4.69, 9.17) is 0 Å². The molecule has 0 unspecified atom stereocenters. The molecule has 18 heavy (non-hydrogen) atoms. The van der Waals surface area contributed by atoms with E-state index < -0.39 is 0 Å². The van der Waals surface area contributed by atoms with Crippen molar-refractivity contribution in [1.82, 2.24) is 0 Å². The first-order valence-corrected chi connectivity index (χ1v) is 6.86. The average Bonchev–Trinajstić information content (AvgIpc) is 2.38. The third kappa shape index (κ3) is 3.38. The van der Waals surface area contributed by atoms with Crippen LogP contribution in [0.5, 0.6) is 0 Å². The van der Waals surface area contributed by atoms with Crippen LogP contribution >= 0.6 is 11.8 Å². The van der Waals surface area contributed by atoms with Crippen LogP contribution in [0.15, 0.2) is 42.5 Å². The minimum absolute atomic E-state index is 0.155. The number of benzene rings is 2. The maximum Gasteiger partial charge on any atom is 0.185 e. The van der Waals surface area contributed by atoms with Crippen molar-refractivity contribution in [2.75, 3.05) is 5.75 Å². The lowest BCUT2D eigenvalue weighted by molar-refractivity contribution is -0.109. The first-order valence-electron chi connectivity index (χ1n) is 5.87. The molecule has 0 saturated heterocycles. The van der Waals surface area contributed by atoms with Crippen molar-refractivity contribution in [2.45, 2.75) is 13.3 Å². The molecule has 0 aliphatic rings. The second kappa shape index (κ2) is 6.28. The molecule has 0 spiro atoms. The Hall–Kier alpha value is -1.72. The summed E-state index contributed by atoms with van der Waals surface area (Å²) in [7, 11) is 0. The van der Waals surface area contributed by atoms with E-state index in [-0.39, 0.29) is 5.12 Å². The zero-order valence-electron chi connectivity index (χ0n) is 10.3. The number of carbonyl (C=O) groups excluding carboxylic acids is 1. The predicted molar refractivity (Wildman–Crippen MR) is 78.6 cm³/mol. The molecule has 0 heterocycles. The summed E-state index contributed by atoms with van der Waals surface area (Å²) < 4.78 is 0. The van der Waals surface area contributed by atoms with Gasteiger partial charge in [0.2, 0.25) is 0 Å². The van der Waals surface area contributed by atoms with Crippen LogP contribution in [-0.4, -0.2) is 10.9 Å². The van der Waals surface area contributed by atoms with Gasteiger partial charge in [-0.05, 0) is 16.8 Å². The fourth-order valence-corrected chi connectivity index (χ4v) is 2.23. The first-order chi connectivity index (χ1) is 8.77. The molecular formula is C16H14OS. The van der Waals surface area contributed by atoms with Gasteiger partial charge in [-0.2, -0.15) is 0 Å². The molecule has 0 saturated carbocycles. The Labute approximate surface area is 112 Å². The monoisotopic (exact) mass is 254 g/mol. The lowest BCUT2D eigenvalue weighted by Gasteiger charge is -1.99. The molecule has 0 radical (unpaired) electrons. The second-order valence-corrected chi connectivity index (χ2v) is 5.19. The molecule has 0 amide bonds. The second-order valence-electron chi connectivity index (χ2n) is 3.92. The summed E-state index contributed by atoms with van der Waals surface area (Å²) in [4.78, 5) is 10.8. The molecule has 2 aromatic carbocycles. The highest BCUT2D eigenvalue weighted by atomic mass is 32.2. The highest BCUT2D eigenvalue weighted by Crippen LogP contribution is 2.17. The van der Waals surface area contributed by atoms with Crippen molar-refractivity contribution in [1.29, 1.82) is 0 Å². The van der Waals surface area contributed by atoms with Gasteiger partial charge in [0.05, 0.1) is 0 Å². The predicted octanol–water partition coefficient (Wildman–Crippen LogP) is 3.86. The smallest absolute Gasteiger partial charge is 0.185 e. The van der Waals surface area contributed by atoms with Gasteiger partial charge in [-0.1, -0.05) is 60.0 Å². The van der Waals surface area contributed by atoms with Gasteiger partial charge in [0.1, 0.15) is 0 Å². The van der Waals surface area contributed by atoms with E-state index in [1.807, 2.05) is 24.3 Å². The van der Waals surface area contributed by atoms with Crippen LogP contribution in [0.3, 0.4) is 0 Å². The minimum Gasteiger partial charge on any atom is -0.288 e. The molecule has 0 aliphatic carbocycles. The van der Waals surface area contributed by atoms with E-state index in [9.17, 15) is 4.79 Å². The Bertz CT molecular complexity index is 614. The van der Waals surface area contributed by atoms with Gasteiger partial charge >= 0.3 is 0 Å². The lowest BCUT2D eigenvalue weighted by Crippen LogP contribution is -1.84. The van der Waals surface area contributed by atoms with Gasteiger partial charge in [0.15, 0.2) is 5.12 Å². The van der Waals surface area contributed by atoms with Crippen LogP contribution < -0.4 is 0 Å². The molecule has 90 valence electrons. The molecule has 1 nitrogen and oxygen atoms in total. The van der Waals surface area contributed by atoms with E-state index in [2.05, 4.69) is 30.0 Å². The summed E-state index contributed by atoms with van der Waals surface area (Å²) in [5.74, 6) is 7.08. The van der Waals surface area contributed by atoms with Crippen LogP contribution in [0, 0.1) is 11.8 Å². The molecular weight excluding hydrogens is 240 g/mol. The Morgan fingerprint density at radius 3 is 2.78 bits per heavy atom. The zero-order valence-corrected chi connectivity index (χ0v) is 11.1. The highest BCUT2D eigenvalue weighted by Gasteiger charge is 1.96. The third-order valence-corrected chi connectivity index (χ3v) is 3.36. The van der Waals surface area contributed by atoms with Gasteiger partial charge in [-0.15, -0.1) is 0 Å². The van der Waals surface area contributed by atoms with E-state index in [0.29, 0.717) is 0 Å². The zero-order chi connectivity index (χ0) is 12.8. The highest BCUT2D eigenvalue weighted by molar-refractivity contribution is 8.13. The van der Waals surface area contributed by atoms with Gasteiger partial charge < -0.3 is 0 Å². The van der Waals surface area contributed by atoms with Gasteiger partial charge in [-0.25, -0.2) is 0 Å². The first kappa shape index (κ1) is 12.7. The van der Waals surface area contributed by atoms with Crippen LogP contribution in [0.2, 0.25) is 0 Å². The third-order valence-electron chi connectivity index (χ3n) is 2.55. The van der Waals surface area contributed by atoms with Crippen molar-refractivity contribution >= 4 is 27.6 Å². The van der Waals surface area contributed by atoms with Crippen molar-refractivity contribution in [3.05, 3.63) is 48.0 Å². The fourth-order valence-electron chi connectivity index (χ4n) is 1.74. The van der Waals surface area contributed by atoms with Crippen LogP contribution in [0.1, 0.15) is 18.9 Å². The number of thioether (sulfide) groups is 1. The minimum atomic E-state index is 0.155. The SMILES string of the molecule is CC(=O)SCCC#Cc1cccc2ccccc12. The van der Waals surface area contributed by atoms with Crippen molar-refractivity contribution in [3.63, 3.8) is 0 Å². The molecule has 0 fully saturated rings. The molecule has 2 heteroatoms. The Balaban J connectivity index is 2.12. The van der Waals surface area contributed by atoms with E-state index in [1.54, 1.807) is 6.92 Å². The Morgan fingerprint density at radius 1 is 1.17 bits per heavy atom. The molecule has 2 aromatic rings. The molecule has 0 aromatic heterocycles. The maximum atomic E-state index is 10.8. The van der Waals surface area contributed by atoms with Crippen LogP contribution in [-0.2, 0) is 4.79 Å². The van der Waals surface area contributed by atoms with Gasteiger partial charge in [0, 0.05) is 24.7 Å². The molecule has 0 bridgehead atoms. The van der Waals surface area contributed by atoms with Crippen molar-refractivity contribution in [3.8, 4) is 11.8 Å². The summed E-state index contributed by atoms with van der Waals surface area (Å²) >= 11 is 1.33. The summed E-state index contributed by atoms with van der Waals surface area (Å²) in [6.45, 7) is 1.59. The normalized spacial score (nSPS) is 9.83. The van der Waals surface area contributed by atoms with E-state index in [1.165, 1.54) is 22.5 Å². The number of hydrogen-bond acceptors (Lipinski definition) is 2. The number of rotatable bonds is 2. The molecule has 2 rings (SSSR count). The Kier molecular flexibility index (Phi) is 4.44. The quantitative estimate of drug-likeness (QED) is 0.598. The summed E-state index contributed by atoms with van der Waals surface area (Å²) in [5.41, 5.74) is 1.06. The summed E-state index contributed by atoms with van der Waals surface area (Å²) in [5, 5.41) is 2.55. The molecule has 0 N–H and O–H groups in total. The average molecular weight is 254 g/mol. The van der Waals surface area contributed by atoms with Gasteiger partial charge in [-0.3, -0.25) is 4.79 Å². The van der Waals surface area contributed by atoms with Crippen LogP contribution in [0.25, 0.3) is 10.8 Å². The van der Waals surface area contributed by atoms with E-state index >= 15 is 0 Å². The number of fused-ring (bicyclic) bond motifs is 1. The lowest BCUT2D eigenvalue weighted by atomic mass is 10.1. The van der Waals surface area contributed by atoms with E-state index in [0.717, 1.165) is 17.7 Å². The Morgan fingerprint density at radius 2 is 1.94 bits per heavy atom. The summed E-state index contributed by atoms with van der Waals surface area (Å²) in [6, 6.07) is 14.4. The van der Waals surface area contributed by atoms with Gasteiger partial charge in [0.25, 0.3) is 0 Å². The maximum absolute atomic E-state index is 10.8. The van der Waals surface area contributed by atoms with Crippen molar-refractivity contribution < 1.29 is 4.79 Å². The number of hydrogen-bond donors (Lipinski definition) is 0. The van der Waals surface area contributed by atoms with Crippen molar-refractivity contribution in [2.24, 2.45) is 0 Å². The largest absolute Gasteiger partial charge is 0.288 e. The molecule has 0 atom stereocenters. The standard InChI is InChI=1S/C16H14OS/c1-13(17)18-12-5-4-8-15-10-6-9-14-7-2-3-11-16(14)15/h2-3,6-7,9-11H,5,12H2,1H3. The topological polar surface area (TPSA) is 17.1 Å². The van der Waals surface area contributed by atoms with Crippen LogP contribution in [0.4, 0.5) is 0 Å².